The van der Waals surface area contributed by atoms with Gasteiger partial charge in [-0.25, -0.2) is 0 Å². The number of amides is 1. The van der Waals surface area contributed by atoms with Gasteiger partial charge in [0, 0.05) is 19.6 Å². The highest BCUT2D eigenvalue weighted by Gasteiger charge is 2.15. The van der Waals surface area contributed by atoms with Crippen molar-refractivity contribution >= 4 is 5.91 Å². The number of nitrogens with one attached hydrogen (secondary N) is 2. The summed E-state index contributed by atoms with van der Waals surface area (Å²) in [5, 5.41) is 5.91. The minimum absolute atomic E-state index is 0.125. The molecule has 1 rings (SSSR count). The quantitative estimate of drug-likeness (QED) is 0.468. The highest BCUT2D eigenvalue weighted by molar-refractivity contribution is 5.86. The molecule has 0 saturated heterocycles. The first kappa shape index (κ1) is 11.2. The summed E-state index contributed by atoms with van der Waals surface area (Å²) < 4.78 is 0. The van der Waals surface area contributed by atoms with E-state index in [-0.39, 0.29) is 5.91 Å². The van der Waals surface area contributed by atoms with E-state index in [4.69, 9.17) is 0 Å². The Bertz CT molecular complexity index is 186. The van der Waals surface area contributed by atoms with Gasteiger partial charge in [-0.05, 0) is 37.7 Å². The van der Waals surface area contributed by atoms with E-state index in [1.807, 2.05) is 12.8 Å². The Kier molecular flexibility index (Phi) is 5.30. The summed E-state index contributed by atoms with van der Waals surface area (Å²) in [7, 11) is 0. The van der Waals surface area contributed by atoms with Gasteiger partial charge in [0.05, 0.1) is 0 Å². The molecule has 1 aliphatic carbocycles. The van der Waals surface area contributed by atoms with Gasteiger partial charge in [-0.3, -0.25) is 4.79 Å². The Labute approximate surface area is 86.0 Å². The van der Waals surface area contributed by atoms with Gasteiger partial charge in [-0.15, -0.1) is 0 Å². The molecule has 3 heteroatoms. The van der Waals surface area contributed by atoms with E-state index >= 15 is 0 Å². The van der Waals surface area contributed by atoms with E-state index < -0.39 is 0 Å². The topological polar surface area (TPSA) is 41.1 Å². The SMILES string of the molecule is C=CC(=O)NCCNC[C]1[CH][CH][CH][CH]1. The summed E-state index contributed by atoms with van der Waals surface area (Å²) in [5.41, 5.74) is 0. The van der Waals surface area contributed by atoms with Crippen LogP contribution in [0.2, 0.25) is 0 Å². The van der Waals surface area contributed by atoms with Gasteiger partial charge in [0.25, 0.3) is 0 Å². The third kappa shape index (κ3) is 4.42. The van der Waals surface area contributed by atoms with Gasteiger partial charge in [-0.2, -0.15) is 0 Å². The molecule has 75 valence electrons. The van der Waals surface area contributed by atoms with Crippen molar-refractivity contribution in [2.75, 3.05) is 19.6 Å². The zero-order chi connectivity index (χ0) is 10.2. The summed E-state index contributed by atoms with van der Waals surface area (Å²) in [6.45, 7) is 5.61. The van der Waals surface area contributed by atoms with Crippen molar-refractivity contribution in [3.05, 3.63) is 44.3 Å². The van der Waals surface area contributed by atoms with Crippen LogP contribution < -0.4 is 10.6 Å². The molecule has 0 unspecified atom stereocenters. The maximum Gasteiger partial charge on any atom is 0.243 e. The van der Waals surface area contributed by atoms with Gasteiger partial charge < -0.3 is 10.6 Å². The molecule has 14 heavy (non-hydrogen) atoms. The summed E-state index contributed by atoms with van der Waals surface area (Å²) in [4.78, 5) is 10.7. The van der Waals surface area contributed by atoms with Crippen LogP contribution >= 0.6 is 0 Å². The molecule has 1 amide bonds. The van der Waals surface area contributed by atoms with Crippen LogP contribution in [0.25, 0.3) is 0 Å². The largest absolute Gasteiger partial charge is 0.351 e. The van der Waals surface area contributed by atoms with E-state index in [1.54, 1.807) is 0 Å². The molecule has 0 aromatic rings. The highest BCUT2D eigenvalue weighted by atomic mass is 16.1. The third-order valence-electron chi connectivity index (χ3n) is 1.85. The van der Waals surface area contributed by atoms with Crippen LogP contribution in [-0.4, -0.2) is 25.5 Å². The van der Waals surface area contributed by atoms with Crippen molar-refractivity contribution in [1.82, 2.24) is 10.6 Å². The molecule has 2 N–H and O–H groups in total. The minimum atomic E-state index is -0.125. The molecule has 0 aliphatic heterocycles. The molecule has 1 aliphatic rings. The second-order valence-electron chi connectivity index (χ2n) is 2.97. The molecule has 0 atom stereocenters. The Morgan fingerprint density at radius 3 is 2.71 bits per heavy atom. The second-order valence-corrected chi connectivity index (χ2v) is 2.97. The number of hydrogen-bond acceptors (Lipinski definition) is 2. The zero-order valence-corrected chi connectivity index (χ0v) is 8.12. The lowest BCUT2D eigenvalue weighted by Crippen LogP contribution is -2.32. The summed E-state index contributed by atoms with van der Waals surface area (Å²) in [6.07, 6.45) is 9.43. The fourth-order valence-corrected chi connectivity index (χ4v) is 1.11. The monoisotopic (exact) mass is 191 g/mol. The van der Waals surface area contributed by atoms with E-state index in [0.29, 0.717) is 6.54 Å². The first-order chi connectivity index (χ1) is 6.83. The van der Waals surface area contributed by atoms with Crippen molar-refractivity contribution < 1.29 is 4.79 Å². The lowest BCUT2D eigenvalue weighted by molar-refractivity contribution is -0.116. The molecular formula is C11H15N2O. The van der Waals surface area contributed by atoms with E-state index in [2.05, 4.69) is 30.1 Å². The van der Waals surface area contributed by atoms with Crippen LogP contribution in [0, 0.1) is 31.6 Å². The zero-order valence-electron chi connectivity index (χ0n) is 8.12. The average Bonchev–Trinajstić information content (AvgIpc) is 2.69. The summed E-state index contributed by atoms with van der Waals surface area (Å²) in [5.74, 6) is 1.14. The normalized spacial score (nSPS) is 16.9. The third-order valence-corrected chi connectivity index (χ3v) is 1.85. The van der Waals surface area contributed by atoms with Crippen molar-refractivity contribution in [2.45, 2.75) is 0 Å². The fraction of sp³-hybridized carbons (Fsp3) is 0.273. The van der Waals surface area contributed by atoms with E-state index in [9.17, 15) is 4.79 Å². The lowest BCUT2D eigenvalue weighted by atomic mass is 10.1. The minimum Gasteiger partial charge on any atom is -0.351 e. The predicted octanol–water partition coefficient (Wildman–Crippen LogP) is 0.283. The van der Waals surface area contributed by atoms with Crippen molar-refractivity contribution in [1.29, 1.82) is 0 Å². The highest BCUT2D eigenvalue weighted by Crippen LogP contribution is 2.21. The summed E-state index contributed by atoms with van der Waals surface area (Å²) >= 11 is 0. The average molecular weight is 191 g/mol. The number of carbonyl (C=O) groups excluding carboxylic acids is 1. The van der Waals surface area contributed by atoms with Crippen LogP contribution in [0.3, 0.4) is 0 Å². The molecular weight excluding hydrogens is 176 g/mol. The Morgan fingerprint density at radius 1 is 1.36 bits per heavy atom. The van der Waals surface area contributed by atoms with Crippen LogP contribution in [-0.2, 0) is 4.79 Å². The molecule has 0 spiro atoms. The summed E-state index contributed by atoms with van der Waals surface area (Å²) in [6, 6.07) is 0. The van der Waals surface area contributed by atoms with E-state index in [1.165, 1.54) is 12.0 Å². The molecule has 0 bridgehead atoms. The first-order valence-electron chi connectivity index (χ1n) is 4.64. The maximum atomic E-state index is 10.7. The van der Waals surface area contributed by atoms with Gasteiger partial charge >= 0.3 is 0 Å². The van der Waals surface area contributed by atoms with Crippen molar-refractivity contribution in [3.8, 4) is 0 Å². The molecule has 1 saturated carbocycles. The predicted molar refractivity (Wildman–Crippen MR) is 56.5 cm³/mol. The standard InChI is InChI=1S/C11H15N2O/c1-2-11(14)13-8-7-12-9-10-5-3-4-6-10/h2-6,12H,1,7-9H2,(H,13,14). The number of hydrogen-bond donors (Lipinski definition) is 2. The van der Waals surface area contributed by atoms with Crippen LogP contribution in [0.15, 0.2) is 12.7 Å². The molecule has 5 radical (unpaired) electrons. The lowest BCUT2D eigenvalue weighted by Gasteiger charge is -2.09. The fourth-order valence-electron chi connectivity index (χ4n) is 1.11. The van der Waals surface area contributed by atoms with Gasteiger partial charge in [0.1, 0.15) is 0 Å². The van der Waals surface area contributed by atoms with Gasteiger partial charge in [0.2, 0.25) is 5.91 Å². The number of carbonyl (C=O) groups is 1. The van der Waals surface area contributed by atoms with Crippen molar-refractivity contribution in [3.63, 3.8) is 0 Å². The van der Waals surface area contributed by atoms with Crippen LogP contribution in [0.4, 0.5) is 0 Å². The number of rotatable bonds is 6. The first-order valence-corrected chi connectivity index (χ1v) is 4.64. The van der Waals surface area contributed by atoms with Crippen molar-refractivity contribution in [2.24, 2.45) is 0 Å². The molecule has 0 aromatic heterocycles. The maximum absolute atomic E-state index is 10.7. The Hall–Kier alpha value is -0.830. The molecule has 3 nitrogen and oxygen atoms in total. The second kappa shape index (κ2) is 6.60. The molecule has 0 heterocycles. The molecule has 0 aromatic carbocycles. The van der Waals surface area contributed by atoms with Gasteiger partial charge in [0.15, 0.2) is 0 Å². The Balaban J connectivity index is 1.88. The van der Waals surface area contributed by atoms with Crippen LogP contribution in [0.1, 0.15) is 0 Å². The Morgan fingerprint density at radius 2 is 2.07 bits per heavy atom. The van der Waals surface area contributed by atoms with E-state index in [0.717, 1.165) is 13.1 Å². The molecule has 1 fully saturated rings. The van der Waals surface area contributed by atoms with Gasteiger partial charge in [-0.1, -0.05) is 6.58 Å². The smallest absolute Gasteiger partial charge is 0.243 e. The van der Waals surface area contributed by atoms with Crippen LogP contribution in [0.5, 0.6) is 0 Å².